The molecule has 2 aromatic rings. The summed E-state index contributed by atoms with van der Waals surface area (Å²) < 4.78 is 0.922. The summed E-state index contributed by atoms with van der Waals surface area (Å²) in [6.07, 6.45) is 1.72. The fraction of sp³-hybridized carbons (Fsp3) is 0.0769. The van der Waals surface area contributed by atoms with Crippen molar-refractivity contribution in [1.82, 2.24) is 4.98 Å². The van der Waals surface area contributed by atoms with Gasteiger partial charge in [0.1, 0.15) is 5.03 Å². The van der Waals surface area contributed by atoms with Gasteiger partial charge in [-0.25, -0.2) is 4.98 Å². The number of Topliss-reactive ketones (excluding diaryl/α,β-unsaturated/α-hetero) is 1. The van der Waals surface area contributed by atoms with E-state index in [1.54, 1.807) is 6.20 Å². The van der Waals surface area contributed by atoms with Crippen LogP contribution in [0.5, 0.6) is 0 Å². The number of halogens is 1. The zero-order chi connectivity index (χ0) is 12.1. The Morgan fingerprint density at radius 3 is 2.65 bits per heavy atom. The number of ketones is 1. The number of hydrogen-bond donors (Lipinski definition) is 0. The molecule has 1 heterocycles. The van der Waals surface area contributed by atoms with Crippen molar-refractivity contribution in [3.05, 3.63) is 58.7 Å². The average molecular weight is 308 g/mol. The van der Waals surface area contributed by atoms with E-state index in [1.807, 2.05) is 42.5 Å². The van der Waals surface area contributed by atoms with Crippen molar-refractivity contribution < 1.29 is 4.79 Å². The lowest BCUT2D eigenvalue weighted by Crippen LogP contribution is -2.02. The molecule has 0 radical (unpaired) electrons. The summed E-state index contributed by atoms with van der Waals surface area (Å²) in [7, 11) is 0. The largest absolute Gasteiger partial charge is 0.293 e. The van der Waals surface area contributed by atoms with Gasteiger partial charge in [-0.15, -0.1) is 0 Å². The first-order chi connectivity index (χ1) is 8.27. The first-order valence-electron chi connectivity index (χ1n) is 5.09. The Morgan fingerprint density at radius 1 is 1.18 bits per heavy atom. The van der Waals surface area contributed by atoms with Gasteiger partial charge in [-0.3, -0.25) is 4.79 Å². The van der Waals surface area contributed by atoms with Gasteiger partial charge in [0, 0.05) is 16.2 Å². The maximum atomic E-state index is 11.9. The lowest BCUT2D eigenvalue weighted by Gasteiger charge is -2.02. The number of carbonyl (C=O) groups excluding carboxylic acids is 1. The molecule has 2 nitrogen and oxygen atoms in total. The highest BCUT2D eigenvalue weighted by Gasteiger charge is 2.08. The molecule has 0 N–H and O–H groups in total. The Morgan fingerprint density at radius 2 is 1.94 bits per heavy atom. The predicted molar refractivity (Wildman–Crippen MR) is 73.4 cm³/mol. The molecule has 0 saturated heterocycles. The molecule has 0 aliphatic rings. The van der Waals surface area contributed by atoms with Crippen LogP contribution >= 0.6 is 27.7 Å². The van der Waals surface area contributed by atoms with Gasteiger partial charge >= 0.3 is 0 Å². The third-order valence-electron chi connectivity index (χ3n) is 2.16. The summed E-state index contributed by atoms with van der Waals surface area (Å²) in [5.41, 5.74) is 0.743. The molecule has 0 bridgehead atoms. The molecule has 0 aliphatic carbocycles. The number of thioether (sulfide) groups is 1. The van der Waals surface area contributed by atoms with Gasteiger partial charge in [0.05, 0.1) is 5.75 Å². The third kappa shape index (κ3) is 3.41. The lowest BCUT2D eigenvalue weighted by atomic mass is 10.2. The van der Waals surface area contributed by atoms with E-state index in [0.717, 1.165) is 15.1 Å². The second-order valence-corrected chi connectivity index (χ2v) is 5.19. The Hall–Kier alpha value is -1.13. The Labute approximate surface area is 113 Å². The summed E-state index contributed by atoms with van der Waals surface area (Å²) >= 11 is 4.85. The van der Waals surface area contributed by atoms with Crippen molar-refractivity contribution in [2.75, 3.05) is 5.75 Å². The van der Waals surface area contributed by atoms with Crippen LogP contribution in [0, 0.1) is 0 Å². The number of hydrogen-bond acceptors (Lipinski definition) is 3. The number of benzene rings is 1. The topological polar surface area (TPSA) is 30.0 Å². The predicted octanol–water partition coefficient (Wildman–Crippen LogP) is 3.82. The van der Waals surface area contributed by atoms with Gasteiger partial charge in [0.25, 0.3) is 0 Å². The number of carbonyl (C=O) groups is 1. The quantitative estimate of drug-likeness (QED) is 0.635. The maximum absolute atomic E-state index is 11.9. The lowest BCUT2D eigenvalue weighted by molar-refractivity contribution is 0.102. The zero-order valence-corrected chi connectivity index (χ0v) is 11.4. The molecule has 1 aromatic heterocycles. The summed E-state index contributed by atoms with van der Waals surface area (Å²) in [6.45, 7) is 0. The van der Waals surface area contributed by atoms with E-state index in [1.165, 1.54) is 11.8 Å². The smallest absolute Gasteiger partial charge is 0.173 e. The van der Waals surface area contributed by atoms with Gasteiger partial charge < -0.3 is 0 Å². The van der Waals surface area contributed by atoms with Crippen molar-refractivity contribution >= 4 is 33.5 Å². The van der Waals surface area contributed by atoms with Gasteiger partial charge in [0.2, 0.25) is 0 Å². The molecule has 0 fully saturated rings. The highest BCUT2D eigenvalue weighted by molar-refractivity contribution is 9.10. The standard InChI is InChI=1S/C13H10BrNOS/c14-11-7-4-8-15-13(11)17-9-12(16)10-5-2-1-3-6-10/h1-8H,9H2. The highest BCUT2D eigenvalue weighted by Crippen LogP contribution is 2.25. The molecule has 0 saturated carbocycles. The van der Waals surface area contributed by atoms with Crippen LogP contribution < -0.4 is 0 Å². The van der Waals surface area contributed by atoms with Crippen molar-refractivity contribution in [3.63, 3.8) is 0 Å². The van der Waals surface area contributed by atoms with Crippen LogP contribution in [0.4, 0.5) is 0 Å². The van der Waals surface area contributed by atoms with E-state index in [4.69, 9.17) is 0 Å². The molecular formula is C13H10BrNOS. The van der Waals surface area contributed by atoms with Gasteiger partial charge in [-0.2, -0.15) is 0 Å². The SMILES string of the molecule is O=C(CSc1ncccc1Br)c1ccccc1. The Balaban J connectivity index is 2.00. The zero-order valence-electron chi connectivity index (χ0n) is 8.97. The van der Waals surface area contributed by atoms with Gasteiger partial charge in [-0.1, -0.05) is 42.1 Å². The first kappa shape index (κ1) is 12.3. The second kappa shape index (κ2) is 5.98. The number of rotatable bonds is 4. The molecule has 0 amide bonds. The summed E-state index contributed by atoms with van der Waals surface area (Å²) in [5.74, 6) is 0.521. The molecule has 2 rings (SSSR count). The van der Waals surface area contributed by atoms with E-state index in [-0.39, 0.29) is 5.78 Å². The van der Waals surface area contributed by atoms with Crippen LogP contribution in [0.25, 0.3) is 0 Å². The first-order valence-corrected chi connectivity index (χ1v) is 6.87. The van der Waals surface area contributed by atoms with Crippen LogP contribution in [0.15, 0.2) is 58.2 Å². The molecule has 17 heavy (non-hydrogen) atoms. The number of pyridine rings is 1. The van der Waals surface area contributed by atoms with E-state index in [2.05, 4.69) is 20.9 Å². The summed E-state index contributed by atoms with van der Waals surface area (Å²) in [6, 6.07) is 13.1. The molecule has 1 aromatic carbocycles. The average Bonchev–Trinajstić information content (AvgIpc) is 2.38. The fourth-order valence-electron chi connectivity index (χ4n) is 1.32. The Bertz CT molecular complexity index is 516. The number of nitrogens with zero attached hydrogens (tertiary/aromatic N) is 1. The highest BCUT2D eigenvalue weighted by atomic mass is 79.9. The molecule has 0 atom stereocenters. The second-order valence-electron chi connectivity index (χ2n) is 3.37. The monoisotopic (exact) mass is 307 g/mol. The summed E-state index contributed by atoms with van der Waals surface area (Å²) in [4.78, 5) is 16.1. The van der Waals surface area contributed by atoms with Crippen LogP contribution in [0.3, 0.4) is 0 Å². The van der Waals surface area contributed by atoms with E-state index in [9.17, 15) is 4.79 Å². The van der Waals surface area contributed by atoms with Crippen molar-refractivity contribution in [2.45, 2.75) is 5.03 Å². The van der Waals surface area contributed by atoms with Crippen molar-refractivity contribution in [1.29, 1.82) is 0 Å². The fourth-order valence-corrected chi connectivity index (χ4v) is 2.69. The maximum Gasteiger partial charge on any atom is 0.173 e. The van der Waals surface area contributed by atoms with Crippen LogP contribution in [-0.4, -0.2) is 16.5 Å². The third-order valence-corrected chi connectivity index (χ3v) is 4.07. The molecule has 4 heteroatoms. The molecule has 0 spiro atoms. The summed E-state index contributed by atoms with van der Waals surface area (Å²) in [5, 5.41) is 0.844. The van der Waals surface area contributed by atoms with Crippen molar-refractivity contribution in [2.24, 2.45) is 0 Å². The normalized spacial score (nSPS) is 10.2. The molecule has 0 unspecified atom stereocenters. The number of aromatic nitrogens is 1. The van der Waals surface area contributed by atoms with Crippen LogP contribution in [0.1, 0.15) is 10.4 Å². The molecular weight excluding hydrogens is 298 g/mol. The van der Waals surface area contributed by atoms with Gasteiger partial charge in [0.15, 0.2) is 5.78 Å². The van der Waals surface area contributed by atoms with E-state index in [0.29, 0.717) is 5.75 Å². The minimum absolute atomic E-state index is 0.119. The minimum atomic E-state index is 0.119. The van der Waals surface area contributed by atoms with Gasteiger partial charge in [-0.05, 0) is 28.1 Å². The van der Waals surface area contributed by atoms with E-state index >= 15 is 0 Å². The Kier molecular flexibility index (Phi) is 4.34. The molecule has 86 valence electrons. The van der Waals surface area contributed by atoms with Crippen LogP contribution in [-0.2, 0) is 0 Å². The minimum Gasteiger partial charge on any atom is -0.293 e. The van der Waals surface area contributed by atoms with Crippen molar-refractivity contribution in [3.8, 4) is 0 Å². The molecule has 0 aliphatic heterocycles. The van der Waals surface area contributed by atoms with E-state index < -0.39 is 0 Å². The van der Waals surface area contributed by atoms with Crippen LogP contribution in [0.2, 0.25) is 0 Å².